The maximum absolute atomic E-state index is 11.6. The van der Waals surface area contributed by atoms with E-state index in [0.717, 1.165) is 11.8 Å². The molecule has 0 aliphatic rings. The molecule has 0 spiro atoms. The molecule has 1 aromatic carbocycles. The Bertz CT molecular complexity index is 479. The van der Waals surface area contributed by atoms with Crippen molar-refractivity contribution in [3.05, 3.63) is 35.4 Å². The molecule has 0 fully saturated rings. The summed E-state index contributed by atoms with van der Waals surface area (Å²) in [6.45, 7) is 1.82. The molecule has 1 aromatic rings. The smallest absolute Gasteiger partial charge is 0.197 e. The van der Waals surface area contributed by atoms with Gasteiger partial charge in [0.15, 0.2) is 20.3 Å². The number of carbonyl (C=O) groups is 1. The summed E-state index contributed by atoms with van der Waals surface area (Å²) < 4.78 is 20.7. The third-order valence-electron chi connectivity index (χ3n) is 1.88. The SMILES string of the molecule is Cc1cccc(C(=O)[C@H](Cl)S(C)(=O)=O)c1. The first kappa shape index (κ1) is 12.2. The van der Waals surface area contributed by atoms with Crippen LogP contribution in [0.2, 0.25) is 0 Å². The van der Waals surface area contributed by atoms with E-state index in [1.54, 1.807) is 18.2 Å². The van der Waals surface area contributed by atoms with Crippen LogP contribution in [0, 0.1) is 6.92 Å². The van der Waals surface area contributed by atoms with E-state index in [4.69, 9.17) is 11.6 Å². The van der Waals surface area contributed by atoms with Gasteiger partial charge in [0.05, 0.1) is 0 Å². The predicted molar refractivity (Wildman–Crippen MR) is 60.0 cm³/mol. The van der Waals surface area contributed by atoms with Crippen molar-refractivity contribution >= 4 is 27.2 Å². The number of benzene rings is 1. The molecule has 0 aromatic heterocycles. The Labute approximate surface area is 94.0 Å². The lowest BCUT2D eigenvalue weighted by Crippen LogP contribution is -2.23. The van der Waals surface area contributed by atoms with Crippen LogP contribution in [-0.2, 0) is 9.84 Å². The van der Waals surface area contributed by atoms with Crippen molar-refractivity contribution in [3.8, 4) is 0 Å². The highest BCUT2D eigenvalue weighted by molar-refractivity contribution is 7.93. The molecule has 0 unspecified atom stereocenters. The van der Waals surface area contributed by atoms with Gasteiger partial charge in [0.1, 0.15) is 0 Å². The molecule has 0 saturated carbocycles. The van der Waals surface area contributed by atoms with Crippen LogP contribution in [0.4, 0.5) is 0 Å². The third-order valence-corrected chi connectivity index (χ3v) is 4.02. The first-order valence-electron chi connectivity index (χ1n) is 4.26. The van der Waals surface area contributed by atoms with E-state index in [9.17, 15) is 13.2 Å². The summed E-state index contributed by atoms with van der Waals surface area (Å²) in [5.74, 6) is -0.581. The summed E-state index contributed by atoms with van der Waals surface area (Å²) in [6.07, 6.45) is 0.943. The highest BCUT2D eigenvalue weighted by Gasteiger charge is 2.26. The Morgan fingerprint density at radius 3 is 2.47 bits per heavy atom. The van der Waals surface area contributed by atoms with Crippen LogP contribution in [0.25, 0.3) is 0 Å². The number of Topliss-reactive ketones (excluding diaryl/α,β-unsaturated/α-hetero) is 1. The summed E-state index contributed by atoms with van der Waals surface area (Å²) in [7, 11) is -3.55. The van der Waals surface area contributed by atoms with Gasteiger partial charge >= 0.3 is 0 Å². The van der Waals surface area contributed by atoms with E-state index in [1.165, 1.54) is 0 Å². The molecule has 0 saturated heterocycles. The fourth-order valence-electron chi connectivity index (χ4n) is 1.12. The Kier molecular flexibility index (Phi) is 3.52. The summed E-state index contributed by atoms with van der Waals surface area (Å²) in [5.41, 5.74) is 1.21. The third kappa shape index (κ3) is 3.04. The van der Waals surface area contributed by atoms with Crippen LogP contribution in [0.5, 0.6) is 0 Å². The molecule has 1 atom stereocenters. The molecule has 15 heavy (non-hydrogen) atoms. The van der Waals surface area contributed by atoms with Gasteiger partial charge in [0.25, 0.3) is 0 Å². The normalized spacial score (nSPS) is 13.5. The largest absolute Gasteiger partial charge is 0.291 e. The maximum Gasteiger partial charge on any atom is 0.197 e. The van der Waals surface area contributed by atoms with Crippen molar-refractivity contribution in [1.29, 1.82) is 0 Å². The summed E-state index contributed by atoms with van der Waals surface area (Å²) in [5, 5.41) is 0. The lowest BCUT2D eigenvalue weighted by Gasteiger charge is -2.06. The van der Waals surface area contributed by atoms with E-state index >= 15 is 0 Å². The molecule has 0 radical (unpaired) electrons. The minimum atomic E-state index is -3.55. The second-order valence-electron chi connectivity index (χ2n) is 3.38. The van der Waals surface area contributed by atoms with E-state index in [0.29, 0.717) is 5.56 Å². The number of hydrogen-bond donors (Lipinski definition) is 0. The van der Waals surface area contributed by atoms with Crippen LogP contribution in [0.15, 0.2) is 24.3 Å². The quantitative estimate of drug-likeness (QED) is 0.604. The number of rotatable bonds is 3. The number of ketones is 1. The number of sulfone groups is 1. The number of halogens is 1. The molecular weight excluding hydrogens is 236 g/mol. The Morgan fingerprint density at radius 1 is 1.40 bits per heavy atom. The topological polar surface area (TPSA) is 51.2 Å². The van der Waals surface area contributed by atoms with Crippen molar-refractivity contribution in [2.75, 3.05) is 6.26 Å². The highest BCUT2D eigenvalue weighted by atomic mass is 35.5. The van der Waals surface area contributed by atoms with Crippen molar-refractivity contribution in [2.24, 2.45) is 0 Å². The maximum atomic E-state index is 11.6. The van der Waals surface area contributed by atoms with Crippen LogP contribution < -0.4 is 0 Å². The summed E-state index contributed by atoms with van der Waals surface area (Å²) >= 11 is 5.56. The second kappa shape index (κ2) is 4.33. The van der Waals surface area contributed by atoms with Crippen LogP contribution in [-0.4, -0.2) is 25.2 Å². The van der Waals surface area contributed by atoms with Gasteiger partial charge in [-0.05, 0) is 13.0 Å². The molecule has 1 rings (SSSR count). The van der Waals surface area contributed by atoms with Gasteiger partial charge in [-0.25, -0.2) is 8.42 Å². The first-order chi connectivity index (χ1) is 6.82. The molecule has 0 bridgehead atoms. The van der Waals surface area contributed by atoms with Gasteiger partial charge in [-0.2, -0.15) is 0 Å². The standard InChI is InChI=1S/C10H11ClO3S/c1-7-4-3-5-8(6-7)9(12)10(11)15(2,13)14/h3-6,10H,1-2H3/t10-/m1/s1. The number of hydrogen-bond acceptors (Lipinski definition) is 3. The molecule has 0 aliphatic heterocycles. The van der Waals surface area contributed by atoms with Gasteiger partial charge in [-0.15, -0.1) is 0 Å². The van der Waals surface area contributed by atoms with E-state index < -0.39 is 20.3 Å². The Morgan fingerprint density at radius 2 is 2.00 bits per heavy atom. The summed E-state index contributed by atoms with van der Waals surface area (Å²) in [4.78, 5) is 11.6. The van der Waals surface area contributed by atoms with E-state index in [2.05, 4.69) is 0 Å². The number of aryl methyl sites for hydroxylation is 1. The molecule has 0 N–H and O–H groups in total. The van der Waals surface area contributed by atoms with Crippen LogP contribution in [0.3, 0.4) is 0 Å². The zero-order valence-electron chi connectivity index (χ0n) is 8.40. The molecule has 0 aliphatic carbocycles. The van der Waals surface area contributed by atoms with Gasteiger partial charge in [0, 0.05) is 11.8 Å². The molecular formula is C10H11ClO3S. The van der Waals surface area contributed by atoms with Crippen molar-refractivity contribution in [3.63, 3.8) is 0 Å². The monoisotopic (exact) mass is 246 g/mol. The molecule has 82 valence electrons. The Balaban J connectivity index is 3.06. The lowest BCUT2D eigenvalue weighted by atomic mass is 10.1. The van der Waals surface area contributed by atoms with E-state index in [1.807, 2.05) is 13.0 Å². The lowest BCUT2D eigenvalue weighted by molar-refractivity contribution is 0.101. The zero-order chi connectivity index (χ0) is 11.6. The zero-order valence-corrected chi connectivity index (χ0v) is 9.97. The molecule has 0 heterocycles. The summed E-state index contributed by atoms with van der Waals surface area (Å²) in [6, 6.07) is 6.67. The van der Waals surface area contributed by atoms with Gasteiger partial charge in [-0.1, -0.05) is 35.4 Å². The second-order valence-corrected chi connectivity index (χ2v) is 6.20. The minimum Gasteiger partial charge on any atom is -0.291 e. The average molecular weight is 247 g/mol. The molecule has 5 heteroatoms. The fraction of sp³-hybridized carbons (Fsp3) is 0.300. The number of carbonyl (C=O) groups excluding carboxylic acids is 1. The van der Waals surface area contributed by atoms with Gasteiger partial charge in [-0.3, -0.25) is 4.79 Å². The predicted octanol–water partition coefficient (Wildman–Crippen LogP) is 1.79. The van der Waals surface area contributed by atoms with Crippen molar-refractivity contribution < 1.29 is 13.2 Å². The highest BCUT2D eigenvalue weighted by Crippen LogP contribution is 2.14. The Hall–Kier alpha value is -0.870. The van der Waals surface area contributed by atoms with Crippen LogP contribution in [0.1, 0.15) is 15.9 Å². The van der Waals surface area contributed by atoms with Crippen LogP contribution >= 0.6 is 11.6 Å². The van der Waals surface area contributed by atoms with E-state index in [-0.39, 0.29) is 0 Å². The average Bonchev–Trinajstić information content (AvgIpc) is 2.14. The first-order valence-corrected chi connectivity index (χ1v) is 6.65. The molecule has 0 amide bonds. The van der Waals surface area contributed by atoms with Gasteiger partial charge in [0.2, 0.25) is 0 Å². The fourth-order valence-corrected chi connectivity index (χ4v) is 1.77. The van der Waals surface area contributed by atoms with Gasteiger partial charge < -0.3 is 0 Å². The molecule has 3 nitrogen and oxygen atoms in total. The van der Waals surface area contributed by atoms with Crippen molar-refractivity contribution in [2.45, 2.75) is 11.6 Å². The number of alkyl halides is 1. The minimum absolute atomic E-state index is 0.320. The van der Waals surface area contributed by atoms with Crippen molar-refractivity contribution in [1.82, 2.24) is 0 Å².